The van der Waals surface area contributed by atoms with Gasteiger partial charge in [-0.15, -0.1) is 0 Å². The Hall–Kier alpha value is -2.10. The number of carbonyl (C=O) groups is 2. The molecule has 1 saturated carbocycles. The number of allylic oxidation sites excluding steroid dienone is 2. The van der Waals surface area contributed by atoms with Crippen LogP contribution in [0.15, 0.2) is 30.4 Å². The minimum absolute atomic E-state index is 0.128. The molecule has 0 aromatic heterocycles. The van der Waals surface area contributed by atoms with Gasteiger partial charge in [0.15, 0.2) is 0 Å². The van der Waals surface area contributed by atoms with Gasteiger partial charge in [-0.25, -0.2) is 4.79 Å². The largest absolute Gasteiger partial charge is 0.478 e. The Labute approximate surface area is 135 Å². The molecular formula is C19H21NO3. The number of carboxylic acids is 1. The first kappa shape index (κ1) is 14.5. The first-order chi connectivity index (χ1) is 11.1. The van der Waals surface area contributed by atoms with E-state index in [9.17, 15) is 14.7 Å². The highest BCUT2D eigenvalue weighted by Gasteiger charge is 2.39. The number of aromatic carboxylic acids is 1. The summed E-state index contributed by atoms with van der Waals surface area (Å²) in [5.41, 5.74) is 2.27. The van der Waals surface area contributed by atoms with E-state index in [2.05, 4.69) is 12.2 Å². The van der Waals surface area contributed by atoms with Gasteiger partial charge >= 0.3 is 5.97 Å². The van der Waals surface area contributed by atoms with Gasteiger partial charge in [-0.1, -0.05) is 24.3 Å². The number of fused-ring (bicyclic) bond motifs is 3. The smallest absolute Gasteiger partial charge is 0.335 e. The fourth-order valence-electron chi connectivity index (χ4n) is 4.45. The number of benzene rings is 1. The van der Waals surface area contributed by atoms with Gasteiger partial charge in [0.2, 0.25) is 5.91 Å². The Morgan fingerprint density at radius 2 is 2.04 bits per heavy atom. The van der Waals surface area contributed by atoms with E-state index in [1.165, 1.54) is 6.42 Å². The van der Waals surface area contributed by atoms with E-state index in [1.54, 1.807) is 12.1 Å². The number of hydrogen-bond donors (Lipinski definition) is 1. The molecule has 1 aromatic rings. The van der Waals surface area contributed by atoms with E-state index >= 15 is 0 Å². The highest BCUT2D eigenvalue weighted by Crippen LogP contribution is 2.41. The lowest BCUT2D eigenvalue weighted by atomic mass is 9.68. The van der Waals surface area contributed by atoms with Crippen molar-refractivity contribution >= 4 is 11.9 Å². The third-order valence-electron chi connectivity index (χ3n) is 5.70. The van der Waals surface area contributed by atoms with Crippen molar-refractivity contribution in [3.8, 4) is 0 Å². The molecule has 5 rings (SSSR count). The zero-order valence-corrected chi connectivity index (χ0v) is 13.1. The van der Waals surface area contributed by atoms with Crippen LogP contribution in [0.5, 0.6) is 0 Å². The molecule has 120 valence electrons. The summed E-state index contributed by atoms with van der Waals surface area (Å²) in [6.07, 6.45) is 8.49. The van der Waals surface area contributed by atoms with Crippen molar-refractivity contribution in [1.82, 2.24) is 4.90 Å². The average Bonchev–Trinajstić information content (AvgIpc) is 2.61. The molecule has 0 radical (unpaired) electrons. The van der Waals surface area contributed by atoms with Gasteiger partial charge in [-0.05, 0) is 54.7 Å². The SMILES string of the molecule is O=C(O)c1cccc2c1CCN(C(=O)[C@@H]1C[C@@H]3C=C[C@H]1CC3)C2. The zero-order chi connectivity index (χ0) is 16.0. The Morgan fingerprint density at radius 1 is 1.17 bits per heavy atom. The zero-order valence-electron chi connectivity index (χ0n) is 13.1. The standard InChI is InChI=1S/C19H21NO3/c21-18(17-10-12-4-6-13(17)7-5-12)20-9-8-15-14(11-20)2-1-3-16(15)19(22)23/h1-4,6,12-13,17H,5,7-11H2,(H,22,23)/t12-,13+,17-/m1/s1. The predicted molar refractivity (Wildman–Crippen MR) is 86.0 cm³/mol. The molecule has 1 aliphatic heterocycles. The normalized spacial score (nSPS) is 28.5. The van der Waals surface area contributed by atoms with Gasteiger partial charge in [-0.3, -0.25) is 4.79 Å². The van der Waals surface area contributed by atoms with Gasteiger partial charge in [0.05, 0.1) is 5.56 Å². The number of rotatable bonds is 2. The van der Waals surface area contributed by atoms with E-state index < -0.39 is 5.97 Å². The van der Waals surface area contributed by atoms with Crippen molar-refractivity contribution in [2.45, 2.75) is 32.2 Å². The minimum Gasteiger partial charge on any atom is -0.478 e. The molecule has 1 fully saturated rings. The van der Waals surface area contributed by atoms with Crippen LogP contribution in [-0.4, -0.2) is 28.4 Å². The maximum absolute atomic E-state index is 12.9. The highest BCUT2D eigenvalue weighted by atomic mass is 16.4. The van der Waals surface area contributed by atoms with Crippen LogP contribution in [0, 0.1) is 17.8 Å². The van der Waals surface area contributed by atoms with Crippen LogP contribution in [0.1, 0.15) is 40.7 Å². The lowest BCUT2D eigenvalue weighted by Crippen LogP contribution is -2.44. The van der Waals surface area contributed by atoms with Gasteiger partial charge in [0.1, 0.15) is 0 Å². The molecule has 4 heteroatoms. The van der Waals surface area contributed by atoms with Crippen molar-refractivity contribution in [3.63, 3.8) is 0 Å². The number of carbonyl (C=O) groups excluding carboxylic acids is 1. The van der Waals surface area contributed by atoms with Gasteiger partial charge < -0.3 is 10.0 Å². The van der Waals surface area contributed by atoms with Crippen LogP contribution in [0.3, 0.4) is 0 Å². The molecule has 23 heavy (non-hydrogen) atoms. The van der Waals surface area contributed by atoms with E-state index in [-0.39, 0.29) is 11.8 Å². The second-order valence-corrected chi connectivity index (χ2v) is 6.99. The van der Waals surface area contributed by atoms with Gasteiger partial charge in [0.25, 0.3) is 0 Å². The number of hydrogen-bond acceptors (Lipinski definition) is 2. The second-order valence-electron chi connectivity index (χ2n) is 6.99. The summed E-state index contributed by atoms with van der Waals surface area (Å²) in [7, 11) is 0. The van der Waals surface area contributed by atoms with Crippen LogP contribution in [-0.2, 0) is 17.8 Å². The van der Waals surface area contributed by atoms with Crippen molar-refractivity contribution in [1.29, 1.82) is 0 Å². The minimum atomic E-state index is -0.878. The summed E-state index contributed by atoms with van der Waals surface area (Å²) in [6.45, 7) is 1.18. The Balaban J connectivity index is 1.54. The fraction of sp³-hybridized carbons (Fsp3) is 0.474. The summed E-state index contributed by atoms with van der Waals surface area (Å²) in [4.78, 5) is 26.2. The van der Waals surface area contributed by atoms with Crippen LogP contribution >= 0.6 is 0 Å². The summed E-state index contributed by atoms with van der Waals surface area (Å²) in [6, 6.07) is 5.39. The molecule has 1 aromatic carbocycles. The van der Waals surface area contributed by atoms with Crippen LogP contribution < -0.4 is 0 Å². The van der Waals surface area contributed by atoms with Crippen molar-refractivity contribution in [2.75, 3.05) is 6.54 Å². The molecule has 1 heterocycles. The van der Waals surface area contributed by atoms with E-state index in [0.29, 0.717) is 36.9 Å². The van der Waals surface area contributed by atoms with E-state index in [0.717, 1.165) is 24.0 Å². The molecule has 3 atom stereocenters. The second kappa shape index (κ2) is 5.52. The highest BCUT2D eigenvalue weighted by molar-refractivity contribution is 5.90. The van der Waals surface area contributed by atoms with Gasteiger partial charge in [-0.2, -0.15) is 0 Å². The molecule has 4 nitrogen and oxygen atoms in total. The van der Waals surface area contributed by atoms with Crippen LogP contribution in [0.25, 0.3) is 0 Å². The average molecular weight is 311 g/mol. The lowest BCUT2D eigenvalue weighted by Gasteiger charge is -2.40. The monoisotopic (exact) mass is 311 g/mol. The van der Waals surface area contributed by atoms with Crippen LogP contribution in [0.4, 0.5) is 0 Å². The van der Waals surface area contributed by atoms with E-state index in [1.807, 2.05) is 11.0 Å². The molecule has 1 amide bonds. The molecular weight excluding hydrogens is 290 g/mol. The molecule has 0 saturated heterocycles. The third kappa shape index (κ3) is 2.46. The van der Waals surface area contributed by atoms with Crippen molar-refractivity contribution in [2.24, 2.45) is 17.8 Å². The molecule has 4 aliphatic rings. The van der Waals surface area contributed by atoms with Crippen molar-refractivity contribution in [3.05, 3.63) is 47.0 Å². The molecule has 1 N–H and O–H groups in total. The topological polar surface area (TPSA) is 57.6 Å². The Bertz CT molecular complexity index is 694. The van der Waals surface area contributed by atoms with Crippen molar-refractivity contribution < 1.29 is 14.7 Å². The molecule has 0 unspecified atom stereocenters. The number of nitrogens with zero attached hydrogens (tertiary/aromatic N) is 1. The Morgan fingerprint density at radius 3 is 2.70 bits per heavy atom. The first-order valence-electron chi connectivity index (χ1n) is 8.44. The molecule has 0 spiro atoms. The van der Waals surface area contributed by atoms with Gasteiger partial charge in [0, 0.05) is 19.0 Å². The maximum Gasteiger partial charge on any atom is 0.335 e. The van der Waals surface area contributed by atoms with E-state index in [4.69, 9.17) is 0 Å². The molecule has 3 aliphatic carbocycles. The summed E-state index contributed by atoms with van der Waals surface area (Å²) >= 11 is 0. The quantitative estimate of drug-likeness (QED) is 0.854. The summed E-state index contributed by atoms with van der Waals surface area (Å²) in [5.74, 6) is 0.485. The number of carboxylic acid groups (broad SMARTS) is 1. The maximum atomic E-state index is 12.9. The van der Waals surface area contributed by atoms with Crippen LogP contribution in [0.2, 0.25) is 0 Å². The first-order valence-corrected chi connectivity index (χ1v) is 8.44. The third-order valence-corrected chi connectivity index (χ3v) is 5.70. The number of amides is 1. The summed E-state index contributed by atoms with van der Waals surface area (Å²) in [5, 5.41) is 9.30. The predicted octanol–water partition coefficient (Wildman–Crippen LogP) is 2.87. The Kier molecular flexibility index (Phi) is 3.47. The fourth-order valence-corrected chi connectivity index (χ4v) is 4.45. The summed E-state index contributed by atoms with van der Waals surface area (Å²) < 4.78 is 0. The molecule has 2 bridgehead atoms. The lowest BCUT2D eigenvalue weighted by molar-refractivity contribution is -0.139.